The van der Waals surface area contributed by atoms with Gasteiger partial charge in [-0.25, -0.2) is 4.98 Å². The van der Waals surface area contributed by atoms with Crippen molar-refractivity contribution in [3.05, 3.63) is 77.5 Å². The Labute approximate surface area is 186 Å². The molecule has 0 bridgehead atoms. The molecule has 164 valence electrons. The van der Waals surface area contributed by atoms with Crippen molar-refractivity contribution in [1.29, 1.82) is 0 Å². The van der Waals surface area contributed by atoms with E-state index in [1.807, 2.05) is 49.4 Å². The number of amides is 2. The number of nitrogens with one attached hydrogen (secondary N) is 2. The third-order valence-electron chi connectivity index (χ3n) is 5.40. The van der Waals surface area contributed by atoms with Crippen molar-refractivity contribution >= 4 is 23.3 Å². The summed E-state index contributed by atoms with van der Waals surface area (Å²) in [5.74, 6) is 0.590. The lowest BCUT2D eigenvalue weighted by Crippen LogP contribution is -2.39. The molecule has 0 saturated heterocycles. The van der Waals surface area contributed by atoms with E-state index in [1.54, 1.807) is 18.3 Å². The molecule has 0 spiro atoms. The molecule has 1 heterocycles. The maximum absolute atomic E-state index is 12.9. The Kier molecular flexibility index (Phi) is 6.18. The number of aromatic nitrogens is 1. The summed E-state index contributed by atoms with van der Waals surface area (Å²) in [6.45, 7) is 3.38. The normalized spacial score (nSPS) is 17.2. The second-order valence-electron chi connectivity index (χ2n) is 8.03. The molecular formula is C25H25N3O4. The van der Waals surface area contributed by atoms with Gasteiger partial charge in [-0.15, -0.1) is 0 Å². The lowest BCUT2D eigenvalue weighted by Gasteiger charge is -2.29. The molecule has 2 amide bonds. The van der Waals surface area contributed by atoms with Crippen LogP contribution in [0, 0.1) is 12.8 Å². The number of rotatable bonds is 5. The average molecular weight is 431 g/mol. The smallest absolute Gasteiger partial charge is 0.230 e. The second kappa shape index (κ2) is 9.20. The number of hydrogen-bond donors (Lipinski definition) is 3. The average Bonchev–Trinajstić information content (AvgIpc) is 2.73. The van der Waals surface area contributed by atoms with Crippen LogP contribution >= 0.6 is 0 Å². The summed E-state index contributed by atoms with van der Waals surface area (Å²) < 4.78 is 5.94. The van der Waals surface area contributed by atoms with Crippen molar-refractivity contribution in [2.24, 2.45) is 5.92 Å². The van der Waals surface area contributed by atoms with E-state index < -0.39 is 12.0 Å². The number of pyridine rings is 1. The number of carbonyl (C=O) groups excluding carboxylic acids is 2. The van der Waals surface area contributed by atoms with Gasteiger partial charge in [-0.1, -0.05) is 18.2 Å². The number of nitrogens with zero attached hydrogens (tertiary/aromatic N) is 1. The maximum atomic E-state index is 12.9. The fourth-order valence-corrected chi connectivity index (χ4v) is 3.88. The Balaban J connectivity index is 1.49. The van der Waals surface area contributed by atoms with Crippen LogP contribution in [0.1, 0.15) is 23.6 Å². The highest BCUT2D eigenvalue weighted by atomic mass is 16.5. The summed E-state index contributed by atoms with van der Waals surface area (Å²) in [4.78, 5) is 28.2. The zero-order valence-electron chi connectivity index (χ0n) is 18.0. The third-order valence-corrected chi connectivity index (χ3v) is 5.40. The first-order valence-corrected chi connectivity index (χ1v) is 10.5. The maximum Gasteiger partial charge on any atom is 0.230 e. The molecule has 2 aromatic carbocycles. The van der Waals surface area contributed by atoms with Crippen LogP contribution in [-0.4, -0.2) is 28.0 Å². The van der Waals surface area contributed by atoms with Crippen LogP contribution in [0.25, 0.3) is 0 Å². The van der Waals surface area contributed by atoms with Crippen LogP contribution in [0.4, 0.5) is 11.5 Å². The molecule has 32 heavy (non-hydrogen) atoms. The van der Waals surface area contributed by atoms with Crippen LogP contribution in [0.15, 0.2) is 60.8 Å². The third kappa shape index (κ3) is 5.12. The standard InChI is InChI=1S/C25H25N3O4/c1-15-4-3-5-19(10-15)28-25(31)22-12-18-11-20(7-6-17(18)13-23(22)30)32-21-8-9-26-24(14-21)27-16(2)29/h3-11,14,22-23,30H,12-13H2,1-2H3,(H,28,31)(H,26,27,29). The van der Waals surface area contributed by atoms with Crippen molar-refractivity contribution in [1.82, 2.24) is 4.98 Å². The number of carbonyl (C=O) groups is 2. The minimum absolute atomic E-state index is 0.200. The first-order chi connectivity index (χ1) is 15.4. The van der Waals surface area contributed by atoms with Crippen molar-refractivity contribution in [2.75, 3.05) is 10.6 Å². The Morgan fingerprint density at radius 1 is 1.00 bits per heavy atom. The zero-order chi connectivity index (χ0) is 22.7. The van der Waals surface area contributed by atoms with Crippen LogP contribution in [0.2, 0.25) is 0 Å². The molecule has 7 heteroatoms. The Morgan fingerprint density at radius 2 is 1.81 bits per heavy atom. The van der Waals surface area contributed by atoms with Crippen molar-refractivity contribution in [3.63, 3.8) is 0 Å². The van der Waals surface area contributed by atoms with Crippen LogP contribution in [0.5, 0.6) is 11.5 Å². The quantitative estimate of drug-likeness (QED) is 0.570. The van der Waals surface area contributed by atoms with Gasteiger partial charge >= 0.3 is 0 Å². The van der Waals surface area contributed by atoms with Gasteiger partial charge in [0.2, 0.25) is 11.8 Å². The zero-order valence-corrected chi connectivity index (χ0v) is 18.0. The van der Waals surface area contributed by atoms with Gasteiger partial charge in [0.05, 0.1) is 12.0 Å². The molecule has 3 aromatic rings. The van der Waals surface area contributed by atoms with Crippen molar-refractivity contribution < 1.29 is 19.4 Å². The largest absolute Gasteiger partial charge is 0.457 e. The van der Waals surface area contributed by atoms with Gasteiger partial charge in [0.1, 0.15) is 17.3 Å². The van der Waals surface area contributed by atoms with Gasteiger partial charge in [-0.2, -0.15) is 0 Å². The number of anilines is 2. The Hall–Kier alpha value is -3.71. The molecule has 0 radical (unpaired) electrons. The topological polar surface area (TPSA) is 101 Å². The summed E-state index contributed by atoms with van der Waals surface area (Å²) in [6.07, 6.45) is 1.63. The SMILES string of the molecule is CC(=O)Nc1cc(Oc2ccc3c(c2)CC(C(=O)Nc2cccc(C)c2)C(O)C3)ccn1. The van der Waals surface area contributed by atoms with Crippen LogP contribution in [-0.2, 0) is 22.4 Å². The lowest BCUT2D eigenvalue weighted by molar-refractivity contribution is -0.123. The minimum atomic E-state index is -0.750. The molecule has 1 aliphatic rings. The first kappa shape index (κ1) is 21.5. The molecule has 0 fully saturated rings. The molecule has 4 rings (SSSR count). The molecule has 1 aliphatic carbocycles. The molecule has 2 atom stereocenters. The highest BCUT2D eigenvalue weighted by molar-refractivity contribution is 5.93. The van der Waals surface area contributed by atoms with Gasteiger partial charge in [0.25, 0.3) is 0 Å². The monoisotopic (exact) mass is 431 g/mol. The number of hydrogen-bond acceptors (Lipinski definition) is 5. The van der Waals surface area contributed by atoms with Gasteiger partial charge in [-0.05, 0) is 66.8 Å². The Bertz CT molecular complexity index is 1160. The summed E-state index contributed by atoms with van der Waals surface area (Å²) >= 11 is 0. The molecular weight excluding hydrogens is 406 g/mol. The summed E-state index contributed by atoms with van der Waals surface area (Å²) in [5, 5.41) is 16.1. The number of benzene rings is 2. The van der Waals surface area contributed by atoms with E-state index in [9.17, 15) is 14.7 Å². The number of aliphatic hydroxyl groups excluding tert-OH is 1. The van der Waals surface area contributed by atoms with E-state index in [0.717, 1.165) is 22.4 Å². The molecule has 2 unspecified atom stereocenters. The van der Waals surface area contributed by atoms with E-state index in [0.29, 0.717) is 30.2 Å². The molecule has 7 nitrogen and oxygen atoms in total. The van der Waals surface area contributed by atoms with Gasteiger partial charge < -0.3 is 20.5 Å². The molecule has 0 saturated carbocycles. The fraction of sp³-hybridized carbons (Fsp3) is 0.240. The number of ether oxygens (including phenoxy) is 1. The van der Waals surface area contributed by atoms with Crippen LogP contribution in [0.3, 0.4) is 0 Å². The lowest BCUT2D eigenvalue weighted by atomic mass is 9.81. The second-order valence-corrected chi connectivity index (χ2v) is 8.03. The highest BCUT2D eigenvalue weighted by Gasteiger charge is 2.32. The molecule has 3 N–H and O–H groups in total. The fourth-order valence-electron chi connectivity index (χ4n) is 3.88. The number of aliphatic hydroxyl groups is 1. The number of fused-ring (bicyclic) bond motifs is 1. The first-order valence-electron chi connectivity index (χ1n) is 10.5. The van der Waals surface area contributed by atoms with Crippen molar-refractivity contribution in [3.8, 4) is 11.5 Å². The van der Waals surface area contributed by atoms with Gasteiger partial charge in [0.15, 0.2) is 0 Å². The summed E-state index contributed by atoms with van der Waals surface area (Å²) in [7, 11) is 0. The summed E-state index contributed by atoms with van der Waals surface area (Å²) in [5.41, 5.74) is 3.74. The van der Waals surface area contributed by atoms with E-state index in [4.69, 9.17) is 4.74 Å². The predicted octanol–water partition coefficient (Wildman–Crippen LogP) is 3.86. The van der Waals surface area contributed by atoms with Gasteiger partial charge in [-0.3, -0.25) is 9.59 Å². The van der Waals surface area contributed by atoms with Crippen molar-refractivity contribution in [2.45, 2.75) is 32.8 Å². The van der Waals surface area contributed by atoms with Gasteiger partial charge in [0, 0.05) is 24.9 Å². The van der Waals surface area contributed by atoms with E-state index in [1.165, 1.54) is 6.92 Å². The Morgan fingerprint density at radius 3 is 2.59 bits per heavy atom. The summed E-state index contributed by atoms with van der Waals surface area (Å²) in [6, 6.07) is 16.6. The minimum Gasteiger partial charge on any atom is -0.457 e. The molecule has 0 aliphatic heterocycles. The van der Waals surface area contributed by atoms with E-state index in [-0.39, 0.29) is 11.8 Å². The number of aryl methyl sites for hydroxylation is 1. The highest BCUT2D eigenvalue weighted by Crippen LogP contribution is 2.32. The van der Waals surface area contributed by atoms with E-state index in [2.05, 4.69) is 15.6 Å². The van der Waals surface area contributed by atoms with E-state index >= 15 is 0 Å². The molecule has 1 aromatic heterocycles. The predicted molar refractivity (Wildman–Crippen MR) is 122 cm³/mol. The van der Waals surface area contributed by atoms with Crippen LogP contribution < -0.4 is 15.4 Å².